The zero-order chi connectivity index (χ0) is 19.4. The average molecular weight is 381 g/mol. The number of carbonyl (C=O) groups excluding carboxylic acids is 1. The number of nitro groups is 1. The van der Waals surface area contributed by atoms with Gasteiger partial charge in [-0.1, -0.05) is 52.4 Å². The van der Waals surface area contributed by atoms with Gasteiger partial charge >= 0.3 is 0 Å². The van der Waals surface area contributed by atoms with Crippen LogP contribution in [0.25, 0.3) is 0 Å². The van der Waals surface area contributed by atoms with Crippen LogP contribution in [-0.2, 0) is 4.79 Å². The van der Waals surface area contributed by atoms with Crippen molar-refractivity contribution >= 4 is 29.0 Å². The minimum Gasteiger partial charge on any atom is -0.312 e. The number of hydrogen-bond donors (Lipinski definition) is 0. The summed E-state index contributed by atoms with van der Waals surface area (Å²) < 4.78 is 0. The molecule has 146 valence electrons. The Kier molecular flexibility index (Phi) is 11.0. The number of nitro benzene ring substituents is 1. The van der Waals surface area contributed by atoms with E-state index >= 15 is 0 Å². The van der Waals surface area contributed by atoms with E-state index in [1.165, 1.54) is 25.3 Å². The van der Waals surface area contributed by atoms with Gasteiger partial charge in [-0.15, -0.1) is 11.8 Å². The van der Waals surface area contributed by atoms with Crippen molar-refractivity contribution < 1.29 is 9.72 Å². The third kappa shape index (κ3) is 7.77. The summed E-state index contributed by atoms with van der Waals surface area (Å²) >= 11 is 1.62. The van der Waals surface area contributed by atoms with E-state index < -0.39 is 0 Å². The van der Waals surface area contributed by atoms with E-state index in [1.807, 2.05) is 0 Å². The SMILES string of the molecule is CCCCCCSc1cc([N+](=O)[O-])ccc1N(CCCCCC)C(C)=O. The predicted octanol–water partition coefficient (Wildman–Crippen LogP) is 6.20. The van der Waals surface area contributed by atoms with Crippen LogP contribution in [0.4, 0.5) is 11.4 Å². The van der Waals surface area contributed by atoms with Crippen LogP contribution in [-0.4, -0.2) is 23.1 Å². The molecule has 0 aromatic heterocycles. The summed E-state index contributed by atoms with van der Waals surface area (Å²) in [6.45, 7) is 6.56. The van der Waals surface area contributed by atoms with Gasteiger partial charge in [-0.05, 0) is 24.7 Å². The largest absolute Gasteiger partial charge is 0.312 e. The van der Waals surface area contributed by atoms with Crippen molar-refractivity contribution in [1.29, 1.82) is 0 Å². The molecule has 0 aliphatic rings. The van der Waals surface area contributed by atoms with Crippen LogP contribution < -0.4 is 4.90 Å². The number of anilines is 1. The number of nitrogens with zero attached hydrogens (tertiary/aromatic N) is 2. The highest BCUT2D eigenvalue weighted by Gasteiger charge is 2.18. The Hall–Kier alpha value is -1.56. The van der Waals surface area contributed by atoms with Gasteiger partial charge in [0.1, 0.15) is 0 Å². The van der Waals surface area contributed by atoms with Crippen LogP contribution in [0.2, 0.25) is 0 Å². The van der Waals surface area contributed by atoms with Crippen molar-refractivity contribution in [2.45, 2.75) is 77.0 Å². The Morgan fingerprint density at radius 2 is 1.73 bits per heavy atom. The van der Waals surface area contributed by atoms with Crippen molar-refractivity contribution in [3.8, 4) is 0 Å². The van der Waals surface area contributed by atoms with Gasteiger partial charge in [0.25, 0.3) is 5.69 Å². The van der Waals surface area contributed by atoms with Crippen molar-refractivity contribution in [3.05, 3.63) is 28.3 Å². The summed E-state index contributed by atoms with van der Waals surface area (Å²) in [4.78, 5) is 25.6. The number of amides is 1. The first-order chi connectivity index (χ1) is 12.5. The number of unbranched alkanes of at least 4 members (excludes halogenated alkanes) is 6. The second-order valence-electron chi connectivity index (χ2n) is 6.55. The first kappa shape index (κ1) is 22.5. The summed E-state index contributed by atoms with van der Waals surface area (Å²) in [5.41, 5.74) is 0.888. The standard InChI is InChI=1S/C20H32N2O3S/c1-4-6-8-10-14-21(17(3)23)19-13-12-18(22(24)25)16-20(19)26-15-11-9-7-5-2/h12-13,16H,4-11,14-15H2,1-3H3. The summed E-state index contributed by atoms with van der Waals surface area (Å²) in [6.07, 6.45) is 8.99. The molecule has 0 heterocycles. The van der Waals surface area contributed by atoms with Crippen molar-refractivity contribution in [1.82, 2.24) is 0 Å². The molecule has 0 saturated carbocycles. The molecule has 0 aliphatic carbocycles. The van der Waals surface area contributed by atoms with Gasteiger partial charge in [0.05, 0.1) is 10.6 Å². The van der Waals surface area contributed by atoms with E-state index in [2.05, 4.69) is 13.8 Å². The maximum Gasteiger partial charge on any atom is 0.270 e. The van der Waals surface area contributed by atoms with Crippen LogP contribution in [0, 0.1) is 10.1 Å². The molecule has 1 amide bonds. The third-order valence-corrected chi connectivity index (χ3v) is 5.45. The van der Waals surface area contributed by atoms with Crippen LogP contribution >= 0.6 is 11.8 Å². The highest BCUT2D eigenvalue weighted by atomic mass is 32.2. The van der Waals surface area contributed by atoms with E-state index in [0.29, 0.717) is 6.54 Å². The van der Waals surface area contributed by atoms with Crippen molar-refractivity contribution in [2.75, 3.05) is 17.2 Å². The fourth-order valence-electron chi connectivity index (χ4n) is 2.81. The second kappa shape index (κ2) is 12.7. The normalized spacial score (nSPS) is 10.7. The van der Waals surface area contributed by atoms with E-state index in [0.717, 1.165) is 48.4 Å². The Labute approximate surface area is 161 Å². The Bertz CT molecular complexity index is 578. The molecular weight excluding hydrogens is 348 g/mol. The topological polar surface area (TPSA) is 63.5 Å². The Morgan fingerprint density at radius 1 is 1.08 bits per heavy atom. The van der Waals surface area contributed by atoms with Gasteiger partial charge in [-0.25, -0.2) is 0 Å². The molecule has 0 N–H and O–H groups in total. The van der Waals surface area contributed by atoms with E-state index in [4.69, 9.17) is 0 Å². The zero-order valence-electron chi connectivity index (χ0n) is 16.3. The summed E-state index contributed by atoms with van der Waals surface area (Å²) in [5.74, 6) is 0.902. The molecule has 0 spiro atoms. The van der Waals surface area contributed by atoms with Crippen molar-refractivity contribution in [3.63, 3.8) is 0 Å². The second-order valence-corrected chi connectivity index (χ2v) is 7.69. The van der Waals surface area contributed by atoms with Gasteiger partial charge in [-0.3, -0.25) is 14.9 Å². The number of thioether (sulfide) groups is 1. The van der Waals surface area contributed by atoms with Crippen LogP contribution in [0.1, 0.15) is 72.1 Å². The molecule has 0 aliphatic heterocycles. The Morgan fingerprint density at radius 3 is 2.31 bits per heavy atom. The molecule has 0 fully saturated rings. The monoisotopic (exact) mass is 380 g/mol. The zero-order valence-corrected chi connectivity index (χ0v) is 17.1. The predicted molar refractivity (Wildman–Crippen MR) is 110 cm³/mol. The molecule has 1 aromatic rings. The highest BCUT2D eigenvalue weighted by Crippen LogP contribution is 2.34. The number of carbonyl (C=O) groups is 1. The van der Waals surface area contributed by atoms with E-state index in [9.17, 15) is 14.9 Å². The minimum absolute atomic E-state index is 0.0109. The average Bonchev–Trinajstić information content (AvgIpc) is 2.61. The third-order valence-electron chi connectivity index (χ3n) is 4.32. The number of benzene rings is 1. The molecule has 0 bridgehead atoms. The van der Waals surface area contributed by atoms with E-state index in [1.54, 1.807) is 35.7 Å². The summed E-state index contributed by atoms with van der Waals surface area (Å²) in [7, 11) is 0. The minimum atomic E-state index is -0.371. The summed E-state index contributed by atoms with van der Waals surface area (Å²) in [6, 6.07) is 4.84. The van der Waals surface area contributed by atoms with Gasteiger partial charge in [0, 0.05) is 30.5 Å². The number of hydrogen-bond acceptors (Lipinski definition) is 4. The van der Waals surface area contributed by atoms with Gasteiger partial charge in [-0.2, -0.15) is 0 Å². The lowest BCUT2D eigenvalue weighted by Gasteiger charge is -2.24. The maximum atomic E-state index is 12.2. The number of non-ortho nitro benzene ring substituents is 1. The maximum absolute atomic E-state index is 12.2. The molecule has 0 atom stereocenters. The first-order valence-electron chi connectivity index (χ1n) is 9.70. The highest BCUT2D eigenvalue weighted by molar-refractivity contribution is 7.99. The molecule has 1 aromatic carbocycles. The molecule has 0 unspecified atom stereocenters. The quantitative estimate of drug-likeness (QED) is 0.177. The van der Waals surface area contributed by atoms with Crippen LogP contribution in [0.15, 0.2) is 23.1 Å². The molecular formula is C20H32N2O3S. The lowest BCUT2D eigenvalue weighted by atomic mass is 10.2. The van der Waals surface area contributed by atoms with Gasteiger partial charge < -0.3 is 4.90 Å². The van der Waals surface area contributed by atoms with Gasteiger partial charge in [0.15, 0.2) is 0 Å². The van der Waals surface area contributed by atoms with Gasteiger partial charge in [0.2, 0.25) is 5.91 Å². The lowest BCUT2D eigenvalue weighted by Crippen LogP contribution is -2.30. The molecule has 0 radical (unpaired) electrons. The fourth-order valence-corrected chi connectivity index (χ4v) is 3.91. The van der Waals surface area contributed by atoms with E-state index in [-0.39, 0.29) is 16.5 Å². The molecule has 5 nitrogen and oxygen atoms in total. The van der Waals surface area contributed by atoms with Crippen LogP contribution in [0.5, 0.6) is 0 Å². The smallest absolute Gasteiger partial charge is 0.270 e. The summed E-state index contributed by atoms with van der Waals surface area (Å²) in [5, 5.41) is 11.1. The Balaban J connectivity index is 2.92. The lowest BCUT2D eigenvalue weighted by molar-refractivity contribution is -0.385. The first-order valence-corrected chi connectivity index (χ1v) is 10.7. The molecule has 0 saturated heterocycles. The molecule has 6 heteroatoms. The molecule has 26 heavy (non-hydrogen) atoms. The number of rotatable bonds is 13. The fraction of sp³-hybridized carbons (Fsp3) is 0.650. The van der Waals surface area contributed by atoms with Crippen molar-refractivity contribution in [2.24, 2.45) is 0 Å². The van der Waals surface area contributed by atoms with Crippen LogP contribution in [0.3, 0.4) is 0 Å². The molecule has 1 rings (SSSR count).